The second kappa shape index (κ2) is 9.92. The van der Waals surface area contributed by atoms with Gasteiger partial charge in [0.2, 0.25) is 0 Å². The third kappa shape index (κ3) is 4.57. The minimum absolute atomic E-state index is 0.0212. The van der Waals surface area contributed by atoms with Crippen LogP contribution in [0, 0.1) is 5.82 Å². The molecule has 2 unspecified atom stereocenters. The average molecular weight is 521 g/mol. The number of ketones is 1. The summed E-state index contributed by atoms with van der Waals surface area (Å²) in [6, 6.07) is 20.9. The Balaban J connectivity index is 1.60. The van der Waals surface area contributed by atoms with E-state index in [-0.39, 0.29) is 17.4 Å². The van der Waals surface area contributed by atoms with Crippen LogP contribution in [-0.4, -0.2) is 11.7 Å². The van der Waals surface area contributed by atoms with Gasteiger partial charge in [0.1, 0.15) is 5.82 Å². The lowest BCUT2D eigenvalue weighted by molar-refractivity contribution is -0.116. The standard InChI is InChI=1S/C29H23Cl2FN2O2/c1-16-26(29(36)34-23-10-6-5-9-22(23)32)27(20-12-11-19(30)15-21(20)31)28-24(33-16)13-18(14-25(28)35)17-7-3-2-4-8-17/h2-12,15,18,27,33H,13-14H2,1H3,(H,34,36). The number of dihydropyridines is 1. The van der Waals surface area contributed by atoms with Gasteiger partial charge >= 0.3 is 0 Å². The van der Waals surface area contributed by atoms with Crippen molar-refractivity contribution in [1.82, 2.24) is 5.32 Å². The van der Waals surface area contributed by atoms with Gasteiger partial charge in [-0.1, -0.05) is 71.7 Å². The van der Waals surface area contributed by atoms with E-state index in [1.807, 2.05) is 30.3 Å². The smallest absolute Gasteiger partial charge is 0.254 e. The van der Waals surface area contributed by atoms with Crippen LogP contribution in [0.4, 0.5) is 10.1 Å². The van der Waals surface area contributed by atoms with Gasteiger partial charge in [-0.05, 0) is 54.7 Å². The van der Waals surface area contributed by atoms with Gasteiger partial charge in [-0.15, -0.1) is 0 Å². The van der Waals surface area contributed by atoms with Gasteiger partial charge in [-0.2, -0.15) is 0 Å². The van der Waals surface area contributed by atoms with Crippen LogP contribution < -0.4 is 10.6 Å². The maximum absolute atomic E-state index is 14.3. The average Bonchev–Trinajstić information content (AvgIpc) is 2.85. The molecule has 0 saturated heterocycles. The molecule has 7 heteroatoms. The number of carbonyl (C=O) groups excluding carboxylic acids is 2. The number of anilines is 1. The number of carbonyl (C=O) groups is 2. The Kier molecular flexibility index (Phi) is 6.69. The molecule has 36 heavy (non-hydrogen) atoms. The topological polar surface area (TPSA) is 58.2 Å². The van der Waals surface area contributed by atoms with Gasteiger partial charge in [-0.3, -0.25) is 9.59 Å². The molecule has 2 atom stereocenters. The molecule has 0 saturated carbocycles. The van der Waals surface area contributed by atoms with Crippen molar-refractivity contribution in [2.75, 3.05) is 5.32 Å². The Bertz CT molecular complexity index is 1430. The number of hydrogen-bond donors (Lipinski definition) is 2. The van der Waals surface area contributed by atoms with E-state index < -0.39 is 17.6 Å². The molecule has 1 aliphatic carbocycles. The van der Waals surface area contributed by atoms with Crippen LogP contribution in [0.1, 0.15) is 42.7 Å². The first kappa shape index (κ1) is 24.3. The van der Waals surface area contributed by atoms with E-state index >= 15 is 0 Å². The molecular formula is C29H23Cl2FN2O2. The highest BCUT2D eigenvalue weighted by atomic mass is 35.5. The number of hydrogen-bond acceptors (Lipinski definition) is 3. The highest BCUT2D eigenvalue weighted by Gasteiger charge is 2.41. The van der Waals surface area contributed by atoms with Crippen LogP contribution in [0.5, 0.6) is 0 Å². The van der Waals surface area contributed by atoms with Gasteiger partial charge in [0.05, 0.1) is 5.69 Å². The Hall–Kier alpha value is -3.41. The van der Waals surface area contributed by atoms with Gasteiger partial charge in [0, 0.05) is 44.9 Å². The Morgan fingerprint density at radius 1 is 1.00 bits per heavy atom. The summed E-state index contributed by atoms with van der Waals surface area (Å²) in [5.41, 5.74) is 3.92. The van der Waals surface area contributed by atoms with E-state index in [4.69, 9.17) is 23.2 Å². The van der Waals surface area contributed by atoms with Crippen LogP contribution in [0.2, 0.25) is 10.0 Å². The van der Waals surface area contributed by atoms with Gasteiger partial charge in [-0.25, -0.2) is 4.39 Å². The summed E-state index contributed by atoms with van der Waals surface area (Å²) in [5.74, 6) is -1.81. The Morgan fingerprint density at radius 3 is 2.44 bits per heavy atom. The fourth-order valence-corrected chi connectivity index (χ4v) is 5.62. The van der Waals surface area contributed by atoms with Crippen molar-refractivity contribution in [1.29, 1.82) is 0 Å². The highest BCUT2D eigenvalue weighted by molar-refractivity contribution is 6.35. The molecule has 1 amide bonds. The van der Waals surface area contributed by atoms with Crippen LogP contribution in [0.3, 0.4) is 0 Å². The second-order valence-electron chi connectivity index (χ2n) is 9.03. The Labute approximate surface area is 218 Å². The molecule has 0 fully saturated rings. The molecule has 0 aromatic heterocycles. The lowest BCUT2D eigenvalue weighted by Gasteiger charge is -2.37. The molecule has 3 aromatic rings. The molecular weight excluding hydrogens is 498 g/mol. The van der Waals surface area contributed by atoms with Crippen LogP contribution in [0.15, 0.2) is 95.3 Å². The first-order valence-corrected chi connectivity index (χ1v) is 12.4. The fraction of sp³-hybridized carbons (Fsp3) is 0.172. The van der Waals surface area contributed by atoms with Crippen LogP contribution in [0.25, 0.3) is 0 Å². The molecule has 5 rings (SSSR count). The van der Waals surface area contributed by atoms with Crippen molar-refractivity contribution in [2.45, 2.75) is 31.6 Å². The molecule has 0 bridgehead atoms. The van der Waals surface area contributed by atoms with E-state index in [1.54, 1.807) is 37.3 Å². The summed E-state index contributed by atoms with van der Waals surface area (Å²) in [6.07, 6.45) is 0.930. The van der Waals surface area contributed by atoms with Crippen molar-refractivity contribution < 1.29 is 14.0 Å². The molecule has 2 N–H and O–H groups in total. The van der Waals surface area contributed by atoms with E-state index in [2.05, 4.69) is 10.6 Å². The summed E-state index contributed by atoms with van der Waals surface area (Å²) in [4.78, 5) is 27.3. The minimum Gasteiger partial charge on any atom is -0.362 e. The predicted octanol–water partition coefficient (Wildman–Crippen LogP) is 7.13. The number of Topliss-reactive ketones (excluding diaryl/α,β-unsaturated/α-hetero) is 1. The summed E-state index contributed by atoms with van der Waals surface area (Å²) in [6.45, 7) is 1.79. The summed E-state index contributed by atoms with van der Waals surface area (Å²) >= 11 is 12.8. The lowest BCUT2D eigenvalue weighted by atomic mass is 9.71. The zero-order chi connectivity index (χ0) is 25.4. The predicted molar refractivity (Wildman–Crippen MR) is 141 cm³/mol. The first-order chi connectivity index (χ1) is 17.3. The monoisotopic (exact) mass is 520 g/mol. The van der Waals surface area contributed by atoms with Crippen LogP contribution >= 0.6 is 23.2 Å². The summed E-state index contributed by atoms with van der Waals surface area (Å²) < 4.78 is 14.3. The molecule has 1 aliphatic heterocycles. The van der Waals surface area contributed by atoms with Crippen molar-refractivity contribution in [3.8, 4) is 0 Å². The van der Waals surface area contributed by atoms with Crippen molar-refractivity contribution in [3.63, 3.8) is 0 Å². The Morgan fingerprint density at radius 2 is 1.72 bits per heavy atom. The van der Waals surface area contributed by atoms with Crippen molar-refractivity contribution in [2.24, 2.45) is 0 Å². The maximum atomic E-state index is 14.3. The molecule has 2 aliphatic rings. The SMILES string of the molecule is CC1=C(C(=O)Nc2ccccc2F)C(c2ccc(Cl)cc2Cl)C2=C(CC(c3ccccc3)CC2=O)N1. The maximum Gasteiger partial charge on any atom is 0.254 e. The van der Waals surface area contributed by atoms with E-state index in [0.29, 0.717) is 45.3 Å². The lowest BCUT2D eigenvalue weighted by Crippen LogP contribution is -2.37. The summed E-state index contributed by atoms with van der Waals surface area (Å²) in [7, 11) is 0. The normalized spacial score (nSPS) is 19.6. The third-order valence-corrected chi connectivity index (χ3v) is 7.30. The largest absolute Gasteiger partial charge is 0.362 e. The van der Waals surface area contributed by atoms with E-state index in [1.165, 1.54) is 12.1 Å². The van der Waals surface area contributed by atoms with Crippen LogP contribution in [-0.2, 0) is 9.59 Å². The highest BCUT2D eigenvalue weighted by Crippen LogP contribution is 2.47. The number of para-hydroxylation sites is 1. The molecule has 3 aromatic carbocycles. The number of halogens is 3. The number of nitrogens with one attached hydrogen (secondary N) is 2. The number of amides is 1. The number of benzene rings is 3. The molecule has 4 nitrogen and oxygen atoms in total. The third-order valence-electron chi connectivity index (χ3n) is 6.74. The molecule has 1 heterocycles. The molecule has 182 valence electrons. The number of allylic oxidation sites excluding steroid dienone is 3. The fourth-order valence-electron chi connectivity index (χ4n) is 5.10. The zero-order valence-corrected chi connectivity index (χ0v) is 21.0. The second-order valence-corrected chi connectivity index (χ2v) is 9.87. The van der Waals surface area contributed by atoms with Crippen molar-refractivity contribution in [3.05, 3.63) is 122 Å². The molecule has 0 spiro atoms. The molecule has 0 radical (unpaired) electrons. The summed E-state index contributed by atoms with van der Waals surface area (Å²) in [5, 5.41) is 6.79. The quantitative estimate of drug-likeness (QED) is 0.384. The van der Waals surface area contributed by atoms with Gasteiger partial charge in [0.25, 0.3) is 5.91 Å². The van der Waals surface area contributed by atoms with Gasteiger partial charge < -0.3 is 10.6 Å². The van der Waals surface area contributed by atoms with Crippen molar-refractivity contribution >= 4 is 40.6 Å². The number of rotatable bonds is 4. The van der Waals surface area contributed by atoms with Gasteiger partial charge in [0.15, 0.2) is 5.78 Å². The zero-order valence-electron chi connectivity index (χ0n) is 19.4. The van der Waals surface area contributed by atoms with E-state index in [9.17, 15) is 14.0 Å². The van der Waals surface area contributed by atoms with E-state index in [0.717, 1.165) is 11.3 Å². The first-order valence-electron chi connectivity index (χ1n) is 11.6. The minimum atomic E-state index is -0.720.